The van der Waals surface area contributed by atoms with E-state index in [4.69, 9.17) is 0 Å². The fourth-order valence-electron chi connectivity index (χ4n) is 2.17. The van der Waals surface area contributed by atoms with Crippen LogP contribution in [0.3, 0.4) is 0 Å². The van der Waals surface area contributed by atoms with Gasteiger partial charge in [-0.1, -0.05) is 18.2 Å². The minimum atomic E-state index is -0.310. The zero-order valence-corrected chi connectivity index (χ0v) is 9.56. The van der Waals surface area contributed by atoms with E-state index in [-0.39, 0.29) is 11.6 Å². The Hall–Kier alpha value is -2.29. The summed E-state index contributed by atoms with van der Waals surface area (Å²) in [5, 5.41) is 0. The Morgan fingerprint density at radius 3 is 2.83 bits per heavy atom. The minimum absolute atomic E-state index is 0.0895. The van der Waals surface area contributed by atoms with Crippen molar-refractivity contribution in [3.05, 3.63) is 70.8 Å². The molecule has 3 heteroatoms. The zero-order valence-electron chi connectivity index (χ0n) is 9.56. The van der Waals surface area contributed by atoms with E-state index in [2.05, 4.69) is 4.98 Å². The lowest BCUT2D eigenvalue weighted by molar-refractivity contribution is 0.104. The van der Waals surface area contributed by atoms with E-state index in [1.54, 1.807) is 36.7 Å². The first-order valence-electron chi connectivity index (χ1n) is 5.68. The Labute approximate surface area is 104 Å². The molecule has 3 rings (SSSR count). The molecular weight excluding hydrogens is 229 g/mol. The molecule has 1 aromatic heterocycles. The van der Waals surface area contributed by atoms with Crippen molar-refractivity contribution in [1.82, 2.24) is 4.98 Å². The second-order valence-corrected chi connectivity index (χ2v) is 4.23. The number of fused-ring (bicyclic) bond motifs is 1. The highest BCUT2D eigenvalue weighted by atomic mass is 19.1. The van der Waals surface area contributed by atoms with E-state index in [9.17, 15) is 9.18 Å². The predicted octanol–water partition coefficient (Wildman–Crippen LogP) is 3.04. The number of Topliss-reactive ketones (excluding diaryl/α,β-unsaturated/α-hetero) is 1. The molecule has 0 amide bonds. The van der Waals surface area contributed by atoms with Crippen LogP contribution in [-0.2, 0) is 6.42 Å². The van der Waals surface area contributed by atoms with Gasteiger partial charge in [-0.05, 0) is 23.8 Å². The van der Waals surface area contributed by atoms with Gasteiger partial charge >= 0.3 is 0 Å². The fourth-order valence-corrected chi connectivity index (χ4v) is 2.17. The number of aromatic nitrogens is 1. The van der Waals surface area contributed by atoms with Gasteiger partial charge in [0.05, 0.1) is 0 Å². The van der Waals surface area contributed by atoms with Gasteiger partial charge in [0, 0.05) is 35.5 Å². The largest absolute Gasteiger partial charge is 0.289 e. The molecule has 0 aliphatic heterocycles. The third-order valence-corrected chi connectivity index (χ3v) is 3.05. The summed E-state index contributed by atoms with van der Waals surface area (Å²) in [6, 6.07) is 8.30. The molecule has 0 saturated carbocycles. The van der Waals surface area contributed by atoms with Crippen molar-refractivity contribution in [2.45, 2.75) is 6.42 Å². The number of rotatable bonds is 1. The van der Waals surface area contributed by atoms with Gasteiger partial charge in [0.25, 0.3) is 0 Å². The molecule has 0 unspecified atom stereocenters. The average Bonchev–Trinajstić information content (AvgIpc) is 2.70. The number of hydrogen-bond donors (Lipinski definition) is 0. The molecule has 1 aliphatic carbocycles. The highest BCUT2D eigenvalue weighted by Gasteiger charge is 2.26. The lowest BCUT2D eigenvalue weighted by Gasteiger charge is -1.95. The summed E-state index contributed by atoms with van der Waals surface area (Å²) in [7, 11) is 0. The van der Waals surface area contributed by atoms with Crippen molar-refractivity contribution in [3.8, 4) is 0 Å². The molecule has 1 aromatic carbocycles. The van der Waals surface area contributed by atoms with Crippen LogP contribution in [0.25, 0.3) is 6.08 Å². The highest BCUT2D eigenvalue weighted by molar-refractivity contribution is 6.15. The maximum Gasteiger partial charge on any atom is 0.189 e. The Kier molecular flexibility index (Phi) is 2.52. The first-order chi connectivity index (χ1) is 8.75. The van der Waals surface area contributed by atoms with Crippen molar-refractivity contribution < 1.29 is 9.18 Å². The van der Waals surface area contributed by atoms with E-state index in [1.807, 2.05) is 6.07 Å². The van der Waals surface area contributed by atoms with Gasteiger partial charge in [-0.25, -0.2) is 4.39 Å². The molecule has 2 aromatic rings. The molecule has 1 aliphatic rings. The van der Waals surface area contributed by atoms with E-state index in [1.165, 1.54) is 6.07 Å². The Morgan fingerprint density at radius 2 is 2.11 bits per heavy atom. The number of nitrogens with zero attached hydrogens (tertiary/aromatic N) is 1. The average molecular weight is 239 g/mol. The third-order valence-electron chi connectivity index (χ3n) is 3.05. The van der Waals surface area contributed by atoms with Gasteiger partial charge in [0.1, 0.15) is 5.82 Å². The number of allylic oxidation sites excluding steroid dienone is 1. The molecule has 0 radical (unpaired) electrons. The summed E-state index contributed by atoms with van der Waals surface area (Å²) in [5.41, 5.74) is 2.44. The molecule has 0 bridgehead atoms. The van der Waals surface area contributed by atoms with Crippen LogP contribution in [0, 0.1) is 5.82 Å². The maximum absolute atomic E-state index is 13.6. The summed E-state index contributed by atoms with van der Waals surface area (Å²) < 4.78 is 13.6. The molecule has 0 fully saturated rings. The molecule has 0 saturated heterocycles. The van der Waals surface area contributed by atoms with Gasteiger partial charge in [0.2, 0.25) is 0 Å². The fraction of sp³-hybridized carbons (Fsp3) is 0.0667. The normalized spacial score (nSPS) is 16.1. The molecule has 1 heterocycles. The van der Waals surface area contributed by atoms with Gasteiger partial charge < -0.3 is 0 Å². The van der Waals surface area contributed by atoms with Crippen molar-refractivity contribution in [3.63, 3.8) is 0 Å². The SMILES string of the molecule is O=C1C(=Cc2cccnc2)Cc2c(F)cccc21. The predicted molar refractivity (Wildman–Crippen MR) is 66.6 cm³/mol. The van der Waals surface area contributed by atoms with Crippen LogP contribution in [0.1, 0.15) is 21.5 Å². The van der Waals surface area contributed by atoms with Crippen LogP contribution in [0.2, 0.25) is 0 Å². The van der Waals surface area contributed by atoms with Crippen LogP contribution < -0.4 is 0 Å². The van der Waals surface area contributed by atoms with Crippen LogP contribution in [0.4, 0.5) is 4.39 Å². The summed E-state index contributed by atoms with van der Waals surface area (Å²) >= 11 is 0. The van der Waals surface area contributed by atoms with Gasteiger partial charge in [-0.2, -0.15) is 0 Å². The van der Waals surface area contributed by atoms with E-state index in [0.717, 1.165) is 5.56 Å². The zero-order chi connectivity index (χ0) is 12.5. The Morgan fingerprint density at radius 1 is 1.22 bits per heavy atom. The maximum atomic E-state index is 13.6. The molecule has 18 heavy (non-hydrogen) atoms. The highest BCUT2D eigenvalue weighted by Crippen LogP contribution is 2.29. The lowest BCUT2D eigenvalue weighted by Crippen LogP contribution is -1.95. The monoisotopic (exact) mass is 239 g/mol. The van der Waals surface area contributed by atoms with Crippen molar-refractivity contribution in [2.75, 3.05) is 0 Å². The van der Waals surface area contributed by atoms with Crippen LogP contribution in [-0.4, -0.2) is 10.8 Å². The van der Waals surface area contributed by atoms with Gasteiger partial charge in [-0.15, -0.1) is 0 Å². The number of carbonyl (C=O) groups excluding carboxylic acids is 1. The summed E-state index contributed by atoms with van der Waals surface area (Å²) in [5.74, 6) is -0.399. The summed E-state index contributed by atoms with van der Waals surface area (Å²) in [4.78, 5) is 16.1. The van der Waals surface area contributed by atoms with E-state index >= 15 is 0 Å². The number of halogens is 1. The topological polar surface area (TPSA) is 30.0 Å². The van der Waals surface area contributed by atoms with E-state index < -0.39 is 0 Å². The number of pyridine rings is 1. The van der Waals surface area contributed by atoms with Gasteiger partial charge in [-0.3, -0.25) is 9.78 Å². The first-order valence-corrected chi connectivity index (χ1v) is 5.68. The number of carbonyl (C=O) groups is 1. The molecule has 0 N–H and O–H groups in total. The van der Waals surface area contributed by atoms with Crippen molar-refractivity contribution in [2.24, 2.45) is 0 Å². The second kappa shape index (κ2) is 4.18. The van der Waals surface area contributed by atoms with Crippen molar-refractivity contribution >= 4 is 11.9 Å². The van der Waals surface area contributed by atoms with Crippen LogP contribution in [0.5, 0.6) is 0 Å². The standard InChI is InChI=1S/C15H10FNO/c16-14-5-1-4-12-13(14)8-11(15(12)18)7-10-3-2-6-17-9-10/h1-7,9H,8H2. The number of benzene rings is 1. The summed E-state index contributed by atoms with van der Waals surface area (Å²) in [6.45, 7) is 0. The second-order valence-electron chi connectivity index (χ2n) is 4.23. The molecule has 0 spiro atoms. The quantitative estimate of drug-likeness (QED) is 0.716. The smallest absolute Gasteiger partial charge is 0.189 e. The van der Waals surface area contributed by atoms with E-state index in [0.29, 0.717) is 23.1 Å². The summed E-state index contributed by atoms with van der Waals surface area (Å²) in [6.07, 6.45) is 5.48. The van der Waals surface area contributed by atoms with Crippen LogP contribution >= 0.6 is 0 Å². The number of hydrogen-bond acceptors (Lipinski definition) is 2. The van der Waals surface area contributed by atoms with Gasteiger partial charge in [0.15, 0.2) is 5.78 Å². The van der Waals surface area contributed by atoms with Crippen molar-refractivity contribution in [1.29, 1.82) is 0 Å². The third kappa shape index (κ3) is 1.74. The Balaban J connectivity index is 2.03. The Bertz CT molecular complexity index is 647. The molecule has 88 valence electrons. The lowest BCUT2D eigenvalue weighted by atomic mass is 10.1. The van der Waals surface area contributed by atoms with Crippen LogP contribution in [0.15, 0.2) is 48.3 Å². The molecular formula is C15H10FNO. The minimum Gasteiger partial charge on any atom is -0.289 e. The first kappa shape index (κ1) is 10.8. The number of ketones is 1. The molecule has 2 nitrogen and oxygen atoms in total. The molecule has 0 atom stereocenters.